The van der Waals surface area contributed by atoms with Gasteiger partial charge in [-0.15, -0.1) is 0 Å². The third-order valence-corrected chi connectivity index (χ3v) is 3.34. The summed E-state index contributed by atoms with van der Waals surface area (Å²) in [4.78, 5) is 19.3. The maximum atomic E-state index is 12.0. The normalized spacial score (nSPS) is 10.5. The molecule has 3 aromatic rings. The van der Waals surface area contributed by atoms with Crippen LogP contribution in [-0.2, 0) is 0 Å². The van der Waals surface area contributed by atoms with Crippen LogP contribution in [0.25, 0.3) is 22.6 Å². The highest BCUT2D eigenvalue weighted by molar-refractivity contribution is 5.66. The summed E-state index contributed by atoms with van der Waals surface area (Å²) in [6.07, 6.45) is 0. The standard InChI is InChI=1S/C18H17N3O2/c1-2-23-15-8-4-6-13(10-15)18-20-16(11-17(22)21-18)12-5-3-7-14(19)9-12/h3-11H,2,19H2,1H3,(H,20,21,22). The van der Waals surface area contributed by atoms with Crippen molar-refractivity contribution in [2.24, 2.45) is 0 Å². The number of nitrogens with zero attached hydrogens (tertiary/aromatic N) is 1. The molecule has 0 saturated carbocycles. The predicted molar refractivity (Wildman–Crippen MR) is 91.3 cm³/mol. The van der Waals surface area contributed by atoms with Gasteiger partial charge >= 0.3 is 0 Å². The fourth-order valence-corrected chi connectivity index (χ4v) is 2.34. The largest absolute Gasteiger partial charge is 0.494 e. The van der Waals surface area contributed by atoms with Crippen molar-refractivity contribution < 1.29 is 4.74 Å². The summed E-state index contributed by atoms with van der Waals surface area (Å²) in [7, 11) is 0. The van der Waals surface area contributed by atoms with Crippen LogP contribution in [0.4, 0.5) is 5.69 Å². The van der Waals surface area contributed by atoms with Gasteiger partial charge in [0.2, 0.25) is 0 Å². The molecule has 0 spiro atoms. The van der Waals surface area contributed by atoms with Crippen molar-refractivity contribution in [2.45, 2.75) is 6.92 Å². The zero-order valence-electron chi connectivity index (χ0n) is 12.7. The lowest BCUT2D eigenvalue weighted by Crippen LogP contribution is -2.08. The van der Waals surface area contributed by atoms with E-state index in [4.69, 9.17) is 10.5 Å². The molecular weight excluding hydrogens is 290 g/mol. The van der Waals surface area contributed by atoms with Gasteiger partial charge in [0, 0.05) is 22.9 Å². The number of anilines is 1. The van der Waals surface area contributed by atoms with Gasteiger partial charge < -0.3 is 15.5 Å². The highest BCUT2D eigenvalue weighted by Crippen LogP contribution is 2.23. The van der Waals surface area contributed by atoms with Gasteiger partial charge in [-0.05, 0) is 31.2 Å². The Morgan fingerprint density at radius 2 is 1.87 bits per heavy atom. The maximum Gasteiger partial charge on any atom is 0.251 e. The number of hydrogen-bond donors (Lipinski definition) is 2. The lowest BCUT2D eigenvalue weighted by molar-refractivity contribution is 0.340. The Kier molecular flexibility index (Phi) is 4.10. The number of H-pyrrole nitrogens is 1. The molecule has 0 saturated heterocycles. The molecule has 116 valence electrons. The minimum atomic E-state index is -0.214. The highest BCUT2D eigenvalue weighted by atomic mass is 16.5. The van der Waals surface area contributed by atoms with Crippen molar-refractivity contribution >= 4 is 5.69 Å². The van der Waals surface area contributed by atoms with E-state index in [-0.39, 0.29) is 5.56 Å². The molecule has 0 radical (unpaired) electrons. The fraction of sp³-hybridized carbons (Fsp3) is 0.111. The first-order valence-corrected chi connectivity index (χ1v) is 7.36. The van der Waals surface area contributed by atoms with Crippen LogP contribution in [0.1, 0.15) is 6.92 Å². The van der Waals surface area contributed by atoms with E-state index in [2.05, 4.69) is 9.97 Å². The SMILES string of the molecule is CCOc1cccc(-c2nc(-c3cccc(N)c3)cc(=O)[nH]2)c1. The number of nitrogens with one attached hydrogen (secondary N) is 1. The first-order valence-electron chi connectivity index (χ1n) is 7.36. The molecule has 0 aliphatic carbocycles. The Morgan fingerprint density at radius 1 is 1.09 bits per heavy atom. The first kappa shape index (κ1) is 14.8. The van der Waals surface area contributed by atoms with Gasteiger partial charge in [0.15, 0.2) is 0 Å². The number of ether oxygens (including phenoxy) is 1. The average molecular weight is 307 g/mol. The average Bonchev–Trinajstić information content (AvgIpc) is 2.55. The van der Waals surface area contributed by atoms with E-state index in [1.807, 2.05) is 43.3 Å². The van der Waals surface area contributed by atoms with Crippen LogP contribution in [0.3, 0.4) is 0 Å². The summed E-state index contributed by atoms with van der Waals surface area (Å²) >= 11 is 0. The summed E-state index contributed by atoms with van der Waals surface area (Å²) in [5.41, 5.74) is 8.40. The third kappa shape index (κ3) is 3.40. The zero-order valence-corrected chi connectivity index (χ0v) is 12.7. The van der Waals surface area contributed by atoms with Crippen LogP contribution in [0, 0.1) is 0 Å². The van der Waals surface area contributed by atoms with Crippen molar-refractivity contribution in [2.75, 3.05) is 12.3 Å². The molecule has 0 aliphatic rings. The Balaban J connectivity index is 2.07. The second kappa shape index (κ2) is 6.36. The van der Waals surface area contributed by atoms with E-state index in [0.29, 0.717) is 23.8 Å². The van der Waals surface area contributed by atoms with Gasteiger partial charge in [-0.25, -0.2) is 4.98 Å². The van der Waals surface area contributed by atoms with E-state index in [1.165, 1.54) is 6.07 Å². The Labute approximate surface area is 133 Å². The summed E-state index contributed by atoms with van der Waals surface area (Å²) in [5.74, 6) is 1.23. The molecule has 0 aliphatic heterocycles. The summed E-state index contributed by atoms with van der Waals surface area (Å²) in [6.45, 7) is 2.50. The topological polar surface area (TPSA) is 81.0 Å². The van der Waals surface area contributed by atoms with Crippen molar-refractivity contribution in [3.05, 3.63) is 65.0 Å². The molecule has 23 heavy (non-hydrogen) atoms. The van der Waals surface area contributed by atoms with Crippen molar-refractivity contribution in [1.82, 2.24) is 9.97 Å². The molecule has 0 unspecified atom stereocenters. The molecule has 0 fully saturated rings. The lowest BCUT2D eigenvalue weighted by atomic mass is 10.1. The van der Waals surface area contributed by atoms with Crippen LogP contribution >= 0.6 is 0 Å². The molecule has 3 N–H and O–H groups in total. The second-order valence-corrected chi connectivity index (χ2v) is 5.07. The molecule has 2 aromatic carbocycles. The molecule has 1 heterocycles. The minimum absolute atomic E-state index is 0.214. The second-order valence-electron chi connectivity index (χ2n) is 5.07. The van der Waals surface area contributed by atoms with E-state index >= 15 is 0 Å². The Hall–Kier alpha value is -3.08. The molecule has 0 atom stereocenters. The van der Waals surface area contributed by atoms with Gasteiger partial charge in [-0.3, -0.25) is 4.79 Å². The monoisotopic (exact) mass is 307 g/mol. The van der Waals surface area contributed by atoms with Crippen LogP contribution < -0.4 is 16.0 Å². The number of nitrogen functional groups attached to an aromatic ring is 1. The van der Waals surface area contributed by atoms with Gasteiger partial charge in [0.25, 0.3) is 5.56 Å². The Morgan fingerprint density at radius 3 is 2.65 bits per heavy atom. The molecule has 0 bridgehead atoms. The first-order chi connectivity index (χ1) is 11.2. The third-order valence-electron chi connectivity index (χ3n) is 3.34. The minimum Gasteiger partial charge on any atom is -0.494 e. The molecule has 5 heteroatoms. The lowest BCUT2D eigenvalue weighted by Gasteiger charge is -2.07. The summed E-state index contributed by atoms with van der Waals surface area (Å²) in [6, 6.07) is 16.2. The van der Waals surface area contributed by atoms with Crippen LogP contribution in [0.5, 0.6) is 5.75 Å². The number of aromatic nitrogens is 2. The number of hydrogen-bond acceptors (Lipinski definition) is 4. The smallest absolute Gasteiger partial charge is 0.251 e. The summed E-state index contributed by atoms with van der Waals surface area (Å²) < 4.78 is 5.49. The van der Waals surface area contributed by atoms with Crippen LogP contribution in [-0.4, -0.2) is 16.6 Å². The van der Waals surface area contributed by atoms with Crippen molar-refractivity contribution in [3.8, 4) is 28.4 Å². The molecule has 0 amide bonds. The van der Waals surface area contributed by atoms with Crippen molar-refractivity contribution in [3.63, 3.8) is 0 Å². The predicted octanol–water partition coefficient (Wildman–Crippen LogP) is 3.08. The van der Waals surface area contributed by atoms with E-state index in [0.717, 1.165) is 16.9 Å². The quantitative estimate of drug-likeness (QED) is 0.726. The molecule has 3 rings (SSSR count). The number of benzene rings is 2. The number of rotatable bonds is 4. The van der Waals surface area contributed by atoms with E-state index < -0.39 is 0 Å². The molecule has 1 aromatic heterocycles. The fourth-order valence-electron chi connectivity index (χ4n) is 2.34. The van der Waals surface area contributed by atoms with Gasteiger partial charge in [-0.2, -0.15) is 0 Å². The van der Waals surface area contributed by atoms with Crippen LogP contribution in [0.2, 0.25) is 0 Å². The Bertz CT molecular complexity index is 887. The zero-order chi connectivity index (χ0) is 16.2. The van der Waals surface area contributed by atoms with Crippen molar-refractivity contribution in [1.29, 1.82) is 0 Å². The van der Waals surface area contributed by atoms with Gasteiger partial charge in [0.1, 0.15) is 11.6 Å². The number of nitrogens with two attached hydrogens (primary N) is 1. The molecular formula is C18H17N3O2. The maximum absolute atomic E-state index is 12.0. The van der Waals surface area contributed by atoms with Gasteiger partial charge in [0.05, 0.1) is 12.3 Å². The van der Waals surface area contributed by atoms with Crippen LogP contribution in [0.15, 0.2) is 59.4 Å². The molecule has 5 nitrogen and oxygen atoms in total. The highest BCUT2D eigenvalue weighted by Gasteiger charge is 2.07. The summed E-state index contributed by atoms with van der Waals surface area (Å²) in [5, 5.41) is 0. The van der Waals surface area contributed by atoms with E-state index in [1.54, 1.807) is 12.1 Å². The van der Waals surface area contributed by atoms with Gasteiger partial charge in [-0.1, -0.05) is 24.3 Å². The number of aromatic amines is 1. The van der Waals surface area contributed by atoms with E-state index in [9.17, 15) is 4.79 Å².